The summed E-state index contributed by atoms with van der Waals surface area (Å²) in [5, 5.41) is 6.63. The van der Waals surface area contributed by atoms with Crippen molar-refractivity contribution in [3.8, 4) is 0 Å². The maximum Gasteiger partial charge on any atom is -0.000664 e. The Balaban J connectivity index is 1.75. The highest BCUT2D eigenvalue weighted by Crippen LogP contribution is 2.06. The van der Waals surface area contributed by atoms with E-state index in [1.807, 2.05) is 7.05 Å². The van der Waals surface area contributed by atoms with E-state index in [-0.39, 0.29) is 0 Å². The van der Waals surface area contributed by atoms with Gasteiger partial charge >= 0.3 is 0 Å². The molecule has 0 aromatic heterocycles. The maximum atomic E-state index is 3.48. The second-order valence-corrected chi connectivity index (χ2v) is 4.11. The summed E-state index contributed by atoms with van der Waals surface area (Å²) >= 11 is 0. The second-order valence-electron chi connectivity index (χ2n) is 4.11. The molecular formula is C11H25N3. The van der Waals surface area contributed by atoms with Crippen LogP contribution in [-0.2, 0) is 0 Å². The molecule has 0 unspecified atom stereocenters. The van der Waals surface area contributed by atoms with Crippen molar-refractivity contribution in [3.05, 3.63) is 0 Å². The van der Waals surface area contributed by atoms with Gasteiger partial charge in [-0.2, -0.15) is 0 Å². The van der Waals surface area contributed by atoms with Crippen molar-refractivity contribution < 1.29 is 0 Å². The van der Waals surface area contributed by atoms with Crippen LogP contribution in [0.4, 0.5) is 0 Å². The molecule has 0 saturated carbocycles. The Kier molecular flexibility index (Phi) is 7.01. The fourth-order valence-corrected chi connectivity index (χ4v) is 1.95. The number of nitrogens with zero attached hydrogens (tertiary/aromatic N) is 1. The standard InChI is InChI=1S/C11H25N3/c1-12-6-4-7-13-8-5-11-14-9-2-3-10-14/h12-13H,2-11H2,1H3. The van der Waals surface area contributed by atoms with Gasteiger partial charge in [-0.3, -0.25) is 0 Å². The Bertz CT molecular complexity index is 122. The van der Waals surface area contributed by atoms with Gasteiger partial charge in [-0.1, -0.05) is 0 Å². The summed E-state index contributed by atoms with van der Waals surface area (Å²) in [4.78, 5) is 2.58. The van der Waals surface area contributed by atoms with Crippen molar-refractivity contribution in [2.24, 2.45) is 0 Å². The molecule has 0 spiro atoms. The van der Waals surface area contributed by atoms with Crippen LogP contribution in [0.25, 0.3) is 0 Å². The molecule has 1 heterocycles. The SMILES string of the molecule is CNCCCNCCCN1CCCC1. The maximum absolute atomic E-state index is 3.48. The Morgan fingerprint density at radius 2 is 1.71 bits per heavy atom. The fraction of sp³-hybridized carbons (Fsp3) is 1.00. The van der Waals surface area contributed by atoms with Gasteiger partial charge in [-0.05, 0) is 72.0 Å². The molecule has 3 nitrogen and oxygen atoms in total. The van der Waals surface area contributed by atoms with Crippen molar-refractivity contribution in [1.82, 2.24) is 15.5 Å². The van der Waals surface area contributed by atoms with Gasteiger partial charge in [-0.25, -0.2) is 0 Å². The zero-order valence-corrected chi connectivity index (χ0v) is 9.52. The van der Waals surface area contributed by atoms with Crippen LogP contribution in [0.15, 0.2) is 0 Å². The highest BCUT2D eigenvalue weighted by molar-refractivity contribution is 4.66. The highest BCUT2D eigenvalue weighted by atomic mass is 15.1. The number of hydrogen-bond donors (Lipinski definition) is 2. The molecule has 0 aliphatic carbocycles. The first-order chi connectivity index (χ1) is 6.93. The first-order valence-corrected chi connectivity index (χ1v) is 6.01. The van der Waals surface area contributed by atoms with Crippen molar-refractivity contribution >= 4 is 0 Å². The molecule has 1 saturated heterocycles. The smallest absolute Gasteiger partial charge is 0.000664 e. The minimum absolute atomic E-state index is 1.12. The minimum atomic E-state index is 1.12. The van der Waals surface area contributed by atoms with Crippen LogP contribution < -0.4 is 10.6 Å². The van der Waals surface area contributed by atoms with E-state index >= 15 is 0 Å². The fourth-order valence-electron chi connectivity index (χ4n) is 1.95. The Labute approximate surface area is 88.2 Å². The van der Waals surface area contributed by atoms with E-state index in [1.165, 1.54) is 51.9 Å². The summed E-state index contributed by atoms with van der Waals surface area (Å²) in [7, 11) is 2.01. The van der Waals surface area contributed by atoms with Gasteiger partial charge in [0.25, 0.3) is 0 Å². The minimum Gasteiger partial charge on any atom is -0.320 e. The first-order valence-electron chi connectivity index (χ1n) is 6.01. The molecule has 1 aliphatic heterocycles. The number of nitrogens with one attached hydrogen (secondary N) is 2. The normalized spacial score (nSPS) is 17.8. The van der Waals surface area contributed by atoms with E-state index in [0.29, 0.717) is 0 Å². The molecule has 0 amide bonds. The molecule has 1 fully saturated rings. The number of hydrogen-bond acceptors (Lipinski definition) is 3. The molecule has 14 heavy (non-hydrogen) atoms. The third-order valence-corrected chi connectivity index (χ3v) is 2.81. The molecule has 2 N–H and O–H groups in total. The lowest BCUT2D eigenvalue weighted by atomic mass is 10.3. The molecule has 0 bridgehead atoms. The van der Waals surface area contributed by atoms with E-state index in [4.69, 9.17) is 0 Å². The molecule has 0 radical (unpaired) electrons. The molecule has 84 valence electrons. The van der Waals surface area contributed by atoms with E-state index in [0.717, 1.165) is 13.1 Å². The van der Waals surface area contributed by atoms with Gasteiger partial charge in [0.15, 0.2) is 0 Å². The third-order valence-electron chi connectivity index (χ3n) is 2.81. The zero-order valence-electron chi connectivity index (χ0n) is 9.52. The molecule has 0 aromatic carbocycles. The van der Waals surface area contributed by atoms with Crippen LogP contribution in [0, 0.1) is 0 Å². The van der Waals surface area contributed by atoms with Crippen LogP contribution in [-0.4, -0.2) is 51.2 Å². The molecule has 3 heteroatoms. The number of rotatable bonds is 8. The van der Waals surface area contributed by atoms with Gasteiger partial charge in [-0.15, -0.1) is 0 Å². The van der Waals surface area contributed by atoms with E-state index in [2.05, 4.69) is 15.5 Å². The van der Waals surface area contributed by atoms with E-state index in [1.54, 1.807) is 0 Å². The van der Waals surface area contributed by atoms with Gasteiger partial charge < -0.3 is 15.5 Å². The third kappa shape index (κ3) is 5.58. The predicted octanol–water partition coefficient (Wildman–Crippen LogP) is 0.671. The van der Waals surface area contributed by atoms with Crippen molar-refractivity contribution in [2.75, 3.05) is 46.3 Å². The number of likely N-dealkylation sites (tertiary alicyclic amines) is 1. The molecule has 1 aliphatic rings. The largest absolute Gasteiger partial charge is 0.320 e. The molecule has 1 rings (SSSR count). The first kappa shape index (κ1) is 12.0. The summed E-state index contributed by atoms with van der Waals surface area (Å²) in [5.41, 5.74) is 0. The Morgan fingerprint density at radius 1 is 1.00 bits per heavy atom. The lowest BCUT2D eigenvalue weighted by Gasteiger charge is -2.14. The Morgan fingerprint density at radius 3 is 2.43 bits per heavy atom. The van der Waals surface area contributed by atoms with E-state index in [9.17, 15) is 0 Å². The van der Waals surface area contributed by atoms with Gasteiger partial charge in [0.05, 0.1) is 0 Å². The summed E-state index contributed by atoms with van der Waals surface area (Å²) in [6, 6.07) is 0. The monoisotopic (exact) mass is 199 g/mol. The summed E-state index contributed by atoms with van der Waals surface area (Å²) < 4.78 is 0. The molecule has 0 atom stereocenters. The van der Waals surface area contributed by atoms with E-state index < -0.39 is 0 Å². The second kappa shape index (κ2) is 8.21. The quantitative estimate of drug-likeness (QED) is 0.563. The van der Waals surface area contributed by atoms with Crippen LogP contribution in [0.2, 0.25) is 0 Å². The highest BCUT2D eigenvalue weighted by Gasteiger charge is 2.09. The van der Waals surface area contributed by atoms with Crippen LogP contribution in [0.1, 0.15) is 25.7 Å². The van der Waals surface area contributed by atoms with Gasteiger partial charge in [0, 0.05) is 0 Å². The van der Waals surface area contributed by atoms with Crippen LogP contribution in [0.3, 0.4) is 0 Å². The lowest BCUT2D eigenvalue weighted by molar-refractivity contribution is 0.331. The van der Waals surface area contributed by atoms with Crippen LogP contribution in [0.5, 0.6) is 0 Å². The summed E-state index contributed by atoms with van der Waals surface area (Å²) in [5.74, 6) is 0. The lowest BCUT2D eigenvalue weighted by Crippen LogP contribution is -2.26. The average molecular weight is 199 g/mol. The van der Waals surface area contributed by atoms with Gasteiger partial charge in [0.1, 0.15) is 0 Å². The topological polar surface area (TPSA) is 27.3 Å². The molecular weight excluding hydrogens is 174 g/mol. The van der Waals surface area contributed by atoms with Crippen molar-refractivity contribution in [2.45, 2.75) is 25.7 Å². The van der Waals surface area contributed by atoms with Crippen molar-refractivity contribution in [3.63, 3.8) is 0 Å². The Hall–Kier alpha value is -0.120. The van der Waals surface area contributed by atoms with Crippen LogP contribution >= 0.6 is 0 Å². The van der Waals surface area contributed by atoms with Gasteiger partial charge in [0.2, 0.25) is 0 Å². The zero-order chi connectivity index (χ0) is 10.1. The molecule has 0 aromatic rings. The summed E-state index contributed by atoms with van der Waals surface area (Å²) in [6.45, 7) is 7.42. The average Bonchev–Trinajstić information content (AvgIpc) is 2.69. The predicted molar refractivity (Wildman–Crippen MR) is 61.7 cm³/mol. The summed E-state index contributed by atoms with van der Waals surface area (Å²) in [6.07, 6.45) is 5.37. The van der Waals surface area contributed by atoms with Crippen molar-refractivity contribution in [1.29, 1.82) is 0 Å².